The Morgan fingerprint density at radius 3 is 2.24 bits per heavy atom. The van der Waals surface area contributed by atoms with E-state index in [9.17, 15) is 13.2 Å². The average molecular weight is 497 g/mol. The zero-order chi connectivity index (χ0) is 24.1. The number of nitrogens with one attached hydrogen (secondary N) is 1. The number of benzene rings is 3. The molecule has 1 saturated heterocycles. The molecule has 3 aromatic rings. The average Bonchev–Trinajstić information content (AvgIpc) is 3.14. The third-order valence-electron chi connectivity index (χ3n) is 6.28. The quantitative estimate of drug-likeness (QED) is 0.473. The lowest BCUT2D eigenvalue weighted by Crippen LogP contribution is -2.33. The predicted octanol–water partition coefficient (Wildman–Crippen LogP) is 5.73. The first kappa shape index (κ1) is 24.5. The van der Waals surface area contributed by atoms with E-state index in [0.717, 1.165) is 42.4 Å². The molecular weight excluding hydrogens is 468 g/mol. The number of nitrogens with zero attached hydrogens (tertiary/aromatic N) is 1. The maximum atomic E-state index is 13.4. The lowest BCUT2D eigenvalue weighted by Gasteiger charge is -2.23. The Hall–Kier alpha value is -2.67. The van der Waals surface area contributed by atoms with Crippen molar-refractivity contribution in [2.75, 3.05) is 13.1 Å². The molecule has 0 radical (unpaired) electrons. The summed E-state index contributed by atoms with van der Waals surface area (Å²) >= 11 is 6.33. The van der Waals surface area contributed by atoms with Gasteiger partial charge in [-0.15, -0.1) is 0 Å². The standard InChI is InChI=1S/C27H29ClN2O3S/c1-20-11-7-8-14-23(20)26(21-12-5-4-6-13-21)29-27(31)22-15-16-24(28)25(19-22)34(32,33)30-17-9-2-3-10-18-30/h4-8,11-16,19,26H,2-3,9-10,17-18H2,1H3,(H,29,31)/t26-/m0/s1. The van der Waals surface area contributed by atoms with Gasteiger partial charge in [0.15, 0.2) is 0 Å². The molecule has 0 unspecified atom stereocenters. The minimum Gasteiger partial charge on any atom is -0.341 e. The second-order valence-electron chi connectivity index (χ2n) is 8.64. The Kier molecular flexibility index (Phi) is 7.71. The van der Waals surface area contributed by atoms with Crippen LogP contribution in [0, 0.1) is 6.92 Å². The molecule has 4 rings (SSSR count). The summed E-state index contributed by atoms with van der Waals surface area (Å²) in [6, 6.07) is 21.7. The number of sulfonamides is 1. The molecule has 1 atom stereocenters. The highest BCUT2D eigenvalue weighted by atomic mass is 35.5. The van der Waals surface area contributed by atoms with Crippen molar-refractivity contribution in [2.45, 2.75) is 43.5 Å². The smallest absolute Gasteiger partial charge is 0.252 e. The van der Waals surface area contributed by atoms with Crippen LogP contribution in [0.3, 0.4) is 0 Å². The molecule has 1 aliphatic heterocycles. The molecule has 178 valence electrons. The molecule has 0 aromatic heterocycles. The second-order valence-corrected chi connectivity index (χ2v) is 11.0. The van der Waals surface area contributed by atoms with Crippen molar-refractivity contribution >= 4 is 27.5 Å². The molecule has 1 amide bonds. The molecular formula is C27H29ClN2O3S. The predicted molar refractivity (Wildman–Crippen MR) is 136 cm³/mol. The lowest BCUT2D eigenvalue weighted by molar-refractivity contribution is 0.0942. The molecule has 5 nitrogen and oxygen atoms in total. The van der Waals surface area contributed by atoms with Crippen molar-refractivity contribution in [1.29, 1.82) is 0 Å². The largest absolute Gasteiger partial charge is 0.341 e. The van der Waals surface area contributed by atoms with Crippen LogP contribution in [0.5, 0.6) is 0 Å². The summed E-state index contributed by atoms with van der Waals surface area (Å²) in [7, 11) is -3.79. The molecule has 1 heterocycles. The maximum Gasteiger partial charge on any atom is 0.252 e. The summed E-state index contributed by atoms with van der Waals surface area (Å²) in [6.45, 7) is 2.95. The first-order chi connectivity index (χ1) is 16.4. The van der Waals surface area contributed by atoms with E-state index >= 15 is 0 Å². The van der Waals surface area contributed by atoms with E-state index in [1.54, 1.807) is 6.07 Å². The molecule has 1 N–H and O–H groups in total. The molecule has 0 aliphatic carbocycles. The number of rotatable bonds is 6. The number of halogens is 1. The van der Waals surface area contributed by atoms with Crippen LogP contribution >= 0.6 is 11.6 Å². The van der Waals surface area contributed by atoms with E-state index in [-0.39, 0.29) is 27.4 Å². The zero-order valence-corrected chi connectivity index (χ0v) is 20.8. The number of carbonyl (C=O) groups is 1. The van der Waals surface area contributed by atoms with E-state index < -0.39 is 10.0 Å². The first-order valence-corrected chi connectivity index (χ1v) is 13.4. The monoisotopic (exact) mass is 496 g/mol. The Labute approximate surface area is 206 Å². The number of hydrogen-bond donors (Lipinski definition) is 1. The van der Waals surface area contributed by atoms with E-state index in [1.807, 2.05) is 61.5 Å². The van der Waals surface area contributed by atoms with Crippen LogP contribution in [0.15, 0.2) is 77.7 Å². The van der Waals surface area contributed by atoms with Crippen molar-refractivity contribution in [3.05, 3.63) is 100 Å². The minimum absolute atomic E-state index is 0.0177. The van der Waals surface area contributed by atoms with Crippen molar-refractivity contribution in [3.63, 3.8) is 0 Å². The third kappa shape index (κ3) is 5.35. The van der Waals surface area contributed by atoms with Crippen LogP contribution in [0.2, 0.25) is 5.02 Å². The van der Waals surface area contributed by atoms with Gasteiger partial charge in [0, 0.05) is 18.7 Å². The van der Waals surface area contributed by atoms with Gasteiger partial charge in [0.1, 0.15) is 4.90 Å². The lowest BCUT2D eigenvalue weighted by atomic mass is 9.94. The topological polar surface area (TPSA) is 66.5 Å². The Balaban J connectivity index is 1.66. The van der Waals surface area contributed by atoms with E-state index in [2.05, 4.69) is 5.32 Å². The van der Waals surface area contributed by atoms with Gasteiger partial charge in [0.2, 0.25) is 10.0 Å². The summed E-state index contributed by atoms with van der Waals surface area (Å²) in [5, 5.41) is 3.23. The van der Waals surface area contributed by atoms with Crippen LogP contribution in [0.25, 0.3) is 0 Å². The normalized spacial score (nSPS) is 15.9. The molecule has 7 heteroatoms. The molecule has 0 bridgehead atoms. The van der Waals surface area contributed by atoms with E-state index in [4.69, 9.17) is 11.6 Å². The maximum absolute atomic E-state index is 13.4. The van der Waals surface area contributed by atoms with Crippen LogP contribution in [0.1, 0.15) is 58.8 Å². The van der Waals surface area contributed by atoms with Crippen LogP contribution < -0.4 is 5.32 Å². The highest BCUT2D eigenvalue weighted by Gasteiger charge is 2.29. The number of hydrogen-bond acceptors (Lipinski definition) is 3. The van der Waals surface area contributed by atoms with Crippen molar-refractivity contribution in [3.8, 4) is 0 Å². The summed E-state index contributed by atoms with van der Waals surface area (Å²) in [6.07, 6.45) is 3.68. The fourth-order valence-corrected chi connectivity index (χ4v) is 6.39. The van der Waals surface area contributed by atoms with Gasteiger partial charge >= 0.3 is 0 Å². The number of aryl methyl sites for hydroxylation is 1. The van der Waals surface area contributed by atoms with Gasteiger partial charge in [0.25, 0.3) is 5.91 Å². The summed E-state index contributed by atoms with van der Waals surface area (Å²) in [5.41, 5.74) is 3.23. The van der Waals surface area contributed by atoms with E-state index in [1.165, 1.54) is 16.4 Å². The Morgan fingerprint density at radius 1 is 0.912 bits per heavy atom. The molecule has 0 spiro atoms. The molecule has 1 fully saturated rings. The zero-order valence-electron chi connectivity index (χ0n) is 19.2. The van der Waals surface area contributed by atoms with Crippen LogP contribution in [-0.4, -0.2) is 31.7 Å². The van der Waals surface area contributed by atoms with Crippen LogP contribution in [-0.2, 0) is 10.0 Å². The minimum atomic E-state index is -3.79. The van der Waals surface area contributed by atoms with Gasteiger partial charge in [-0.3, -0.25) is 4.79 Å². The van der Waals surface area contributed by atoms with Gasteiger partial charge < -0.3 is 5.32 Å². The molecule has 3 aromatic carbocycles. The second kappa shape index (κ2) is 10.7. The Morgan fingerprint density at radius 2 is 1.56 bits per heavy atom. The van der Waals surface area contributed by atoms with Crippen molar-refractivity contribution < 1.29 is 13.2 Å². The third-order valence-corrected chi connectivity index (χ3v) is 8.66. The summed E-state index contributed by atoms with van der Waals surface area (Å²) in [5.74, 6) is -0.360. The molecule has 1 aliphatic rings. The SMILES string of the molecule is Cc1ccccc1[C@@H](NC(=O)c1ccc(Cl)c(S(=O)(=O)N2CCCCCC2)c1)c1ccccc1. The van der Waals surface area contributed by atoms with Crippen LogP contribution in [0.4, 0.5) is 0 Å². The fourth-order valence-electron chi connectivity index (χ4n) is 4.37. The first-order valence-electron chi connectivity index (χ1n) is 11.6. The van der Waals surface area contributed by atoms with Crippen molar-refractivity contribution in [2.24, 2.45) is 0 Å². The number of amides is 1. The van der Waals surface area contributed by atoms with E-state index in [0.29, 0.717) is 13.1 Å². The number of carbonyl (C=O) groups excluding carboxylic acids is 1. The van der Waals surface area contributed by atoms with Gasteiger partial charge in [-0.1, -0.05) is 79.0 Å². The summed E-state index contributed by atoms with van der Waals surface area (Å²) < 4.78 is 28.2. The fraction of sp³-hybridized carbons (Fsp3) is 0.296. The van der Waals surface area contributed by atoms with Gasteiger partial charge in [-0.2, -0.15) is 4.31 Å². The van der Waals surface area contributed by atoms with Crippen molar-refractivity contribution in [1.82, 2.24) is 9.62 Å². The molecule has 0 saturated carbocycles. The molecule has 34 heavy (non-hydrogen) atoms. The van der Waals surface area contributed by atoms with Gasteiger partial charge in [-0.05, 0) is 54.7 Å². The van der Waals surface area contributed by atoms with Gasteiger partial charge in [0.05, 0.1) is 11.1 Å². The summed E-state index contributed by atoms with van der Waals surface area (Å²) in [4.78, 5) is 13.4. The Bertz CT molecular complexity index is 1250. The van der Waals surface area contributed by atoms with Gasteiger partial charge in [-0.25, -0.2) is 8.42 Å². The highest BCUT2D eigenvalue weighted by molar-refractivity contribution is 7.89. The highest BCUT2D eigenvalue weighted by Crippen LogP contribution is 2.29.